The van der Waals surface area contributed by atoms with Gasteiger partial charge in [-0.3, -0.25) is 14.9 Å². The van der Waals surface area contributed by atoms with E-state index in [1.165, 1.54) is 0 Å². The number of aromatic nitrogens is 2. The summed E-state index contributed by atoms with van der Waals surface area (Å²) in [5.74, 6) is 1.47. The maximum atomic E-state index is 13.6. The lowest BCUT2D eigenvalue weighted by molar-refractivity contribution is -0.113. The van der Waals surface area contributed by atoms with E-state index < -0.39 is 0 Å². The van der Waals surface area contributed by atoms with E-state index in [0.29, 0.717) is 22.9 Å². The molecule has 3 aromatic carbocycles. The molecule has 1 aromatic heterocycles. The zero-order valence-corrected chi connectivity index (χ0v) is 19.3. The fourth-order valence-corrected chi connectivity index (χ4v) is 3.76. The monoisotopic (exact) mass is 461 g/mol. The molecular formula is C28H23N5O2. The van der Waals surface area contributed by atoms with Crippen LogP contribution < -0.4 is 9.64 Å². The Labute approximate surface area is 203 Å². The van der Waals surface area contributed by atoms with Gasteiger partial charge in [-0.2, -0.15) is 5.10 Å². The number of nitrogens with one attached hydrogen (secondary N) is 1. The first-order valence-electron chi connectivity index (χ1n) is 11.1. The van der Waals surface area contributed by atoms with Crippen LogP contribution in [0.5, 0.6) is 5.75 Å². The van der Waals surface area contributed by atoms with Gasteiger partial charge in [0.2, 0.25) is 0 Å². The van der Waals surface area contributed by atoms with Gasteiger partial charge in [0.05, 0.1) is 18.4 Å². The minimum absolute atomic E-state index is 0.252. The second-order valence-corrected chi connectivity index (χ2v) is 7.92. The van der Waals surface area contributed by atoms with Gasteiger partial charge >= 0.3 is 0 Å². The van der Waals surface area contributed by atoms with Crippen molar-refractivity contribution in [3.63, 3.8) is 0 Å². The predicted octanol–water partition coefficient (Wildman–Crippen LogP) is 5.31. The summed E-state index contributed by atoms with van der Waals surface area (Å²) in [5.41, 5.74) is 4.31. The van der Waals surface area contributed by atoms with Crippen LogP contribution in [0.4, 0.5) is 11.5 Å². The van der Waals surface area contributed by atoms with Crippen LogP contribution in [0.1, 0.15) is 22.4 Å². The molecule has 1 aliphatic heterocycles. The molecule has 0 bridgehead atoms. The average molecular weight is 462 g/mol. The summed E-state index contributed by atoms with van der Waals surface area (Å²) in [6.45, 7) is 1.90. The first-order valence-corrected chi connectivity index (χ1v) is 11.1. The first kappa shape index (κ1) is 22.0. The number of rotatable bonds is 6. The summed E-state index contributed by atoms with van der Waals surface area (Å²) in [6, 6.07) is 26.7. The molecule has 0 saturated heterocycles. The van der Waals surface area contributed by atoms with Crippen molar-refractivity contribution in [1.82, 2.24) is 10.2 Å². The highest BCUT2D eigenvalue weighted by molar-refractivity contribution is 6.33. The molecule has 2 heterocycles. The highest BCUT2D eigenvalue weighted by Gasteiger charge is 2.35. The van der Waals surface area contributed by atoms with Crippen molar-refractivity contribution in [2.75, 3.05) is 12.0 Å². The standard InChI is InChI=1S/C28H23N5O2/c1-19-24(18-29-22-13-15-23(35-2)16-14-22)27(32-31-19)33-26(21-11-7-4-8-12-21)30-25(28(33)34)17-20-9-5-3-6-10-20/h3-18H,1-2H3,(H,31,32)/b25-17-,29-18?. The molecule has 1 aliphatic rings. The molecular weight excluding hydrogens is 438 g/mol. The number of aliphatic imine (C=N–C) groups is 2. The quantitative estimate of drug-likeness (QED) is 0.312. The lowest BCUT2D eigenvalue weighted by atomic mass is 10.1. The Bertz CT molecular complexity index is 1440. The van der Waals surface area contributed by atoms with Crippen molar-refractivity contribution in [1.29, 1.82) is 0 Å². The highest BCUT2D eigenvalue weighted by Crippen LogP contribution is 2.30. The molecule has 7 heteroatoms. The number of aromatic amines is 1. The zero-order chi connectivity index (χ0) is 24.2. The largest absolute Gasteiger partial charge is 0.497 e. The highest BCUT2D eigenvalue weighted by atomic mass is 16.5. The summed E-state index contributed by atoms with van der Waals surface area (Å²) in [4.78, 5) is 24.5. The van der Waals surface area contributed by atoms with Crippen LogP contribution in [-0.2, 0) is 4.79 Å². The van der Waals surface area contributed by atoms with Crippen LogP contribution >= 0.6 is 0 Å². The maximum Gasteiger partial charge on any atom is 0.284 e. The van der Waals surface area contributed by atoms with E-state index in [2.05, 4.69) is 15.2 Å². The molecule has 0 saturated carbocycles. The van der Waals surface area contributed by atoms with Crippen LogP contribution in [0.25, 0.3) is 6.08 Å². The molecule has 1 amide bonds. The number of carbonyl (C=O) groups excluding carboxylic acids is 1. The van der Waals surface area contributed by atoms with Crippen LogP contribution in [-0.4, -0.2) is 35.3 Å². The normalized spacial score (nSPS) is 14.7. The van der Waals surface area contributed by atoms with Crippen molar-refractivity contribution >= 4 is 35.5 Å². The zero-order valence-electron chi connectivity index (χ0n) is 19.3. The minimum atomic E-state index is -0.252. The molecule has 1 N–H and O–H groups in total. The first-order chi connectivity index (χ1) is 17.1. The molecule has 0 unspecified atom stereocenters. The number of ether oxygens (including phenoxy) is 1. The smallest absolute Gasteiger partial charge is 0.284 e. The van der Waals surface area contributed by atoms with Gasteiger partial charge in [-0.15, -0.1) is 0 Å². The SMILES string of the molecule is COc1ccc(N=Cc2c(N3C(=O)/C(=C/c4ccccc4)N=C3c3ccccc3)n[nH]c2C)cc1. The fraction of sp³-hybridized carbons (Fsp3) is 0.0714. The Morgan fingerprint density at radius 1 is 0.943 bits per heavy atom. The summed E-state index contributed by atoms with van der Waals surface area (Å²) < 4.78 is 5.21. The lowest BCUT2D eigenvalue weighted by Crippen LogP contribution is -2.33. The molecule has 0 fully saturated rings. The number of hydrogen-bond donors (Lipinski definition) is 1. The van der Waals surface area contributed by atoms with E-state index in [4.69, 9.17) is 9.73 Å². The molecule has 0 atom stereocenters. The number of carbonyl (C=O) groups is 1. The molecule has 7 nitrogen and oxygen atoms in total. The van der Waals surface area contributed by atoms with Crippen molar-refractivity contribution in [2.24, 2.45) is 9.98 Å². The van der Waals surface area contributed by atoms with E-state index >= 15 is 0 Å². The average Bonchev–Trinajstić information content (AvgIpc) is 3.42. The second kappa shape index (κ2) is 9.61. The topological polar surface area (TPSA) is 82.9 Å². The van der Waals surface area contributed by atoms with Crippen LogP contribution in [0, 0.1) is 6.92 Å². The van der Waals surface area contributed by atoms with Crippen LogP contribution in [0.3, 0.4) is 0 Å². The van der Waals surface area contributed by atoms with Gasteiger partial charge in [0.15, 0.2) is 5.82 Å². The summed E-state index contributed by atoms with van der Waals surface area (Å²) in [5, 5.41) is 7.46. The van der Waals surface area contributed by atoms with Crippen LogP contribution in [0.2, 0.25) is 0 Å². The number of H-pyrrole nitrogens is 1. The van der Waals surface area contributed by atoms with E-state index in [1.807, 2.05) is 91.9 Å². The van der Waals surface area contributed by atoms with E-state index in [0.717, 1.165) is 28.3 Å². The molecule has 172 valence electrons. The van der Waals surface area contributed by atoms with Gasteiger partial charge in [0, 0.05) is 17.5 Å². The lowest BCUT2D eigenvalue weighted by Gasteiger charge is -2.16. The summed E-state index contributed by atoms with van der Waals surface area (Å²) >= 11 is 0. The van der Waals surface area contributed by atoms with Gasteiger partial charge in [-0.25, -0.2) is 9.89 Å². The Morgan fingerprint density at radius 3 is 2.31 bits per heavy atom. The van der Waals surface area contributed by atoms with Crippen molar-refractivity contribution in [3.05, 3.63) is 113 Å². The molecule has 0 radical (unpaired) electrons. The number of hydrogen-bond acceptors (Lipinski definition) is 5. The third-order valence-corrected chi connectivity index (χ3v) is 5.60. The number of benzene rings is 3. The molecule has 0 spiro atoms. The second-order valence-electron chi connectivity index (χ2n) is 7.92. The summed E-state index contributed by atoms with van der Waals surface area (Å²) in [6.07, 6.45) is 3.50. The molecule has 35 heavy (non-hydrogen) atoms. The summed E-state index contributed by atoms with van der Waals surface area (Å²) in [7, 11) is 1.62. The molecule has 4 aromatic rings. The van der Waals surface area contributed by atoms with E-state index in [-0.39, 0.29) is 5.91 Å². The number of aryl methyl sites for hydroxylation is 1. The Kier molecular flexibility index (Phi) is 6.05. The van der Waals surface area contributed by atoms with Crippen molar-refractivity contribution in [2.45, 2.75) is 6.92 Å². The predicted molar refractivity (Wildman–Crippen MR) is 138 cm³/mol. The van der Waals surface area contributed by atoms with Crippen molar-refractivity contribution < 1.29 is 9.53 Å². The van der Waals surface area contributed by atoms with Crippen molar-refractivity contribution in [3.8, 4) is 5.75 Å². The van der Waals surface area contributed by atoms with Gasteiger partial charge in [0.1, 0.15) is 17.3 Å². The Morgan fingerprint density at radius 2 is 1.63 bits per heavy atom. The number of amidine groups is 1. The minimum Gasteiger partial charge on any atom is -0.497 e. The fourth-order valence-electron chi connectivity index (χ4n) is 3.76. The van der Waals surface area contributed by atoms with Crippen LogP contribution in [0.15, 0.2) is 101 Å². The van der Waals surface area contributed by atoms with Gasteiger partial charge in [-0.05, 0) is 42.8 Å². The number of amides is 1. The third kappa shape index (κ3) is 4.52. The number of methoxy groups -OCH3 is 1. The number of nitrogens with zero attached hydrogens (tertiary/aromatic N) is 4. The molecule has 0 aliphatic carbocycles. The van der Waals surface area contributed by atoms with Gasteiger partial charge in [0.25, 0.3) is 5.91 Å². The molecule has 5 rings (SSSR count). The van der Waals surface area contributed by atoms with Gasteiger partial charge < -0.3 is 4.74 Å². The third-order valence-electron chi connectivity index (χ3n) is 5.60. The Balaban J connectivity index is 1.56. The van der Waals surface area contributed by atoms with E-state index in [1.54, 1.807) is 24.3 Å². The van der Waals surface area contributed by atoms with Gasteiger partial charge in [-0.1, -0.05) is 60.7 Å². The maximum absolute atomic E-state index is 13.6. The van der Waals surface area contributed by atoms with E-state index in [9.17, 15) is 4.79 Å². The number of anilines is 1. The Hall–Kier alpha value is -4.78.